The average Bonchev–Trinajstić information content (AvgIpc) is 1.77. The summed E-state index contributed by atoms with van der Waals surface area (Å²) in [5.74, 6) is 0. The molecule has 1 atom stereocenters. The average molecular weight is 226 g/mol. The Labute approximate surface area is 63.8 Å². The normalized spacial score (nSPS) is 33.0. The van der Waals surface area contributed by atoms with Crippen LogP contribution < -0.4 is 5.32 Å². The molecular formula is C5H11IN2. The van der Waals surface area contributed by atoms with E-state index in [4.69, 9.17) is 0 Å². The molecule has 1 heterocycles. The van der Waals surface area contributed by atoms with Crippen molar-refractivity contribution in [3.05, 3.63) is 0 Å². The molecule has 1 aliphatic heterocycles. The Morgan fingerprint density at radius 1 is 1.75 bits per heavy atom. The number of nitrogens with zero attached hydrogens (tertiary/aromatic N) is 1. The zero-order valence-electron chi connectivity index (χ0n) is 5.02. The minimum atomic E-state index is 0.696. The van der Waals surface area contributed by atoms with Crippen molar-refractivity contribution >= 4 is 22.6 Å². The second-order valence-electron chi connectivity index (χ2n) is 2.12. The Morgan fingerprint density at radius 2 is 2.50 bits per heavy atom. The van der Waals surface area contributed by atoms with Gasteiger partial charge < -0.3 is 5.32 Å². The molecule has 1 N–H and O–H groups in total. The summed E-state index contributed by atoms with van der Waals surface area (Å²) in [6.07, 6.45) is 0. The Morgan fingerprint density at radius 3 is 2.88 bits per heavy atom. The summed E-state index contributed by atoms with van der Waals surface area (Å²) in [5, 5.41) is 3.32. The lowest BCUT2D eigenvalue weighted by atomic mass is 10.4. The summed E-state index contributed by atoms with van der Waals surface area (Å²) in [5.41, 5.74) is 0. The summed E-state index contributed by atoms with van der Waals surface area (Å²) in [7, 11) is 2.16. The summed E-state index contributed by atoms with van der Waals surface area (Å²) in [4.78, 5) is 2.36. The largest absolute Gasteiger partial charge is 0.313 e. The smallest absolute Gasteiger partial charge is 0.0742 e. The lowest BCUT2D eigenvalue weighted by molar-refractivity contribution is 0.277. The van der Waals surface area contributed by atoms with Gasteiger partial charge in [0.25, 0.3) is 0 Å². The van der Waals surface area contributed by atoms with Crippen LogP contribution >= 0.6 is 22.6 Å². The first-order valence-corrected chi connectivity index (χ1v) is 4.10. The molecule has 0 radical (unpaired) electrons. The molecular weight excluding hydrogens is 215 g/mol. The third-order valence-electron chi connectivity index (χ3n) is 1.43. The zero-order chi connectivity index (χ0) is 5.98. The van der Waals surface area contributed by atoms with Gasteiger partial charge in [-0.2, -0.15) is 0 Å². The van der Waals surface area contributed by atoms with Gasteiger partial charge in [0.15, 0.2) is 0 Å². The molecule has 0 spiro atoms. The Bertz CT molecular complexity index is 66.8. The van der Waals surface area contributed by atoms with E-state index in [0.717, 1.165) is 13.1 Å². The molecule has 0 saturated carbocycles. The van der Waals surface area contributed by atoms with Crippen molar-refractivity contribution in [3.63, 3.8) is 0 Å². The van der Waals surface area contributed by atoms with E-state index in [1.165, 1.54) is 6.54 Å². The second-order valence-corrected chi connectivity index (χ2v) is 3.56. The molecule has 0 aliphatic carbocycles. The molecule has 1 fully saturated rings. The number of halogens is 1. The van der Waals surface area contributed by atoms with Gasteiger partial charge in [0.1, 0.15) is 0 Å². The third kappa shape index (κ3) is 1.56. The monoisotopic (exact) mass is 226 g/mol. The molecule has 1 rings (SSSR count). The fraction of sp³-hybridized carbons (Fsp3) is 1.00. The van der Waals surface area contributed by atoms with Crippen molar-refractivity contribution in [2.45, 2.75) is 4.05 Å². The SMILES string of the molecule is CN1CCNCC1I. The number of likely N-dealkylation sites (N-methyl/N-ethyl adjacent to an activating group) is 1. The highest BCUT2D eigenvalue weighted by molar-refractivity contribution is 14.1. The van der Waals surface area contributed by atoms with Crippen molar-refractivity contribution in [2.24, 2.45) is 0 Å². The molecule has 8 heavy (non-hydrogen) atoms. The maximum atomic E-state index is 3.32. The first kappa shape index (κ1) is 6.77. The summed E-state index contributed by atoms with van der Waals surface area (Å²) >= 11 is 2.45. The van der Waals surface area contributed by atoms with Crippen molar-refractivity contribution < 1.29 is 0 Å². The van der Waals surface area contributed by atoms with Gasteiger partial charge >= 0.3 is 0 Å². The minimum Gasteiger partial charge on any atom is -0.313 e. The van der Waals surface area contributed by atoms with Crippen LogP contribution in [0, 0.1) is 0 Å². The van der Waals surface area contributed by atoms with E-state index in [1.54, 1.807) is 0 Å². The summed E-state index contributed by atoms with van der Waals surface area (Å²) in [6.45, 7) is 3.47. The van der Waals surface area contributed by atoms with Crippen LogP contribution in [-0.4, -0.2) is 35.6 Å². The number of hydrogen-bond acceptors (Lipinski definition) is 2. The first-order chi connectivity index (χ1) is 3.80. The van der Waals surface area contributed by atoms with E-state index < -0.39 is 0 Å². The standard InChI is InChI=1S/C5H11IN2/c1-8-3-2-7-4-5(8)6/h5,7H,2-4H2,1H3. The molecule has 1 unspecified atom stereocenters. The van der Waals surface area contributed by atoms with Gasteiger partial charge in [0.05, 0.1) is 4.05 Å². The van der Waals surface area contributed by atoms with E-state index in [2.05, 4.69) is 39.9 Å². The van der Waals surface area contributed by atoms with Crippen molar-refractivity contribution in [1.82, 2.24) is 10.2 Å². The lowest BCUT2D eigenvalue weighted by Crippen LogP contribution is -2.45. The number of nitrogens with one attached hydrogen (secondary N) is 1. The van der Waals surface area contributed by atoms with Crippen LogP contribution in [0.5, 0.6) is 0 Å². The number of hydrogen-bond donors (Lipinski definition) is 1. The van der Waals surface area contributed by atoms with E-state index in [0.29, 0.717) is 4.05 Å². The van der Waals surface area contributed by atoms with Crippen LogP contribution in [0.4, 0.5) is 0 Å². The van der Waals surface area contributed by atoms with Crippen LogP contribution in [-0.2, 0) is 0 Å². The van der Waals surface area contributed by atoms with Crippen LogP contribution in [0.2, 0.25) is 0 Å². The fourth-order valence-electron chi connectivity index (χ4n) is 0.772. The Kier molecular flexibility index (Phi) is 2.52. The highest BCUT2D eigenvalue weighted by Crippen LogP contribution is 2.05. The van der Waals surface area contributed by atoms with Gasteiger partial charge in [-0.05, 0) is 7.05 Å². The number of rotatable bonds is 0. The summed E-state index contributed by atoms with van der Waals surface area (Å²) < 4.78 is 0.696. The number of piperazine rings is 1. The van der Waals surface area contributed by atoms with E-state index in [9.17, 15) is 0 Å². The van der Waals surface area contributed by atoms with Crippen molar-refractivity contribution in [3.8, 4) is 0 Å². The topological polar surface area (TPSA) is 15.3 Å². The quantitative estimate of drug-likeness (QED) is 0.362. The van der Waals surface area contributed by atoms with Gasteiger partial charge in [-0.15, -0.1) is 0 Å². The fourth-order valence-corrected chi connectivity index (χ4v) is 1.36. The van der Waals surface area contributed by atoms with Crippen LogP contribution in [0.15, 0.2) is 0 Å². The first-order valence-electron chi connectivity index (χ1n) is 2.86. The molecule has 3 heteroatoms. The highest BCUT2D eigenvalue weighted by Gasteiger charge is 2.13. The summed E-state index contributed by atoms with van der Waals surface area (Å²) in [6, 6.07) is 0. The van der Waals surface area contributed by atoms with Crippen LogP contribution in [0.25, 0.3) is 0 Å². The molecule has 0 aromatic heterocycles. The predicted molar refractivity (Wildman–Crippen MR) is 43.3 cm³/mol. The third-order valence-corrected chi connectivity index (χ3v) is 2.82. The molecule has 0 bridgehead atoms. The van der Waals surface area contributed by atoms with E-state index in [1.807, 2.05) is 0 Å². The second kappa shape index (κ2) is 2.98. The Hall–Kier alpha value is 0.650. The lowest BCUT2D eigenvalue weighted by Gasteiger charge is -2.28. The maximum absolute atomic E-state index is 3.32. The van der Waals surface area contributed by atoms with Crippen molar-refractivity contribution in [2.75, 3.05) is 26.7 Å². The number of alkyl halides is 1. The molecule has 0 aromatic rings. The minimum absolute atomic E-state index is 0.696. The zero-order valence-corrected chi connectivity index (χ0v) is 7.18. The predicted octanol–water partition coefficient (Wildman–Crippen LogP) is 0.282. The molecule has 48 valence electrons. The molecule has 2 nitrogen and oxygen atoms in total. The van der Waals surface area contributed by atoms with E-state index in [-0.39, 0.29) is 0 Å². The molecule has 0 amide bonds. The molecule has 0 aromatic carbocycles. The highest BCUT2D eigenvalue weighted by atomic mass is 127. The van der Waals surface area contributed by atoms with Gasteiger partial charge in [-0.25, -0.2) is 0 Å². The van der Waals surface area contributed by atoms with Gasteiger partial charge in [-0.1, -0.05) is 22.6 Å². The van der Waals surface area contributed by atoms with Crippen LogP contribution in [0.1, 0.15) is 0 Å². The maximum Gasteiger partial charge on any atom is 0.0742 e. The van der Waals surface area contributed by atoms with Crippen LogP contribution in [0.3, 0.4) is 0 Å². The Balaban J connectivity index is 2.28. The molecule has 1 saturated heterocycles. The van der Waals surface area contributed by atoms with Gasteiger partial charge in [0.2, 0.25) is 0 Å². The van der Waals surface area contributed by atoms with E-state index >= 15 is 0 Å². The van der Waals surface area contributed by atoms with Gasteiger partial charge in [0, 0.05) is 19.6 Å². The van der Waals surface area contributed by atoms with Crippen molar-refractivity contribution in [1.29, 1.82) is 0 Å². The molecule has 1 aliphatic rings. The van der Waals surface area contributed by atoms with Gasteiger partial charge in [-0.3, -0.25) is 4.90 Å².